The Hall–Kier alpha value is -3.52. The molecule has 0 spiro atoms. The summed E-state index contributed by atoms with van der Waals surface area (Å²) in [6.45, 7) is 2.35. The van der Waals surface area contributed by atoms with E-state index in [9.17, 15) is 14.4 Å². The molecule has 0 bridgehead atoms. The van der Waals surface area contributed by atoms with Gasteiger partial charge >= 0.3 is 0 Å². The number of imide groups is 1. The van der Waals surface area contributed by atoms with Crippen LogP contribution in [0.15, 0.2) is 77.5 Å². The molecule has 0 unspecified atom stereocenters. The quantitative estimate of drug-likeness (QED) is 0.362. The molecule has 178 valence electrons. The van der Waals surface area contributed by atoms with Crippen molar-refractivity contribution < 1.29 is 19.1 Å². The number of carbonyl (C=O) groups excluding carboxylic acids is 3. The van der Waals surface area contributed by atoms with E-state index in [1.54, 1.807) is 54.6 Å². The highest BCUT2D eigenvalue weighted by molar-refractivity contribution is 6.53. The number of anilines is 3. The third-order valence-electron chi connectivity index (χ3n) is 5.01. The van der Waals surface area contributed by atoms with Crippen molar-refractivity contribution in [2.45, 2.75) is 6.92 Å². The zero-order valence-electron chi connectivity index (χ0n) is 18.3. The van der Waals surface area contributed by atoms with Crippen LogP contribution in [0.25, 0.3) is 0 Å². The molecule has 0 aromatic heterocycles. The van der Waals surface area contributed by atoms with E-state index in [1.807, 2.05) is 6.92 Å². The molecule has 3 aromatic rings. The maximum atomic E-state index is 13.0. The predicted molar refractivity (Wildman–Crippen MR) is 137 cm³/mol. The highest BCUT2D eigenvalue weighted by Gasteiger charge is 2.39. The summed E-state index contributed by atoms with van der Waals surface area (Å²) in [5, 5.41) is 6.05. The molecule has 1 aliphatic heterocycles. The number of rotatable bonds is 7. The summed E-state index contributed by atoms with van der Waals surface area (Å²) in [7, 11) is 0. The summed E-state index contributed by atoms with van der Waals surface area (Å²) >= 11 is 18.2. The van der Waals surface area contributed by atoms with Crippen LogP contribution in [-0.2, 0) is 9.59 Å². The molecule has 1 aliphatic rings. The lowest BCUT2D eigenvalue weighted by atomic mass is 10.1. The van der Waals surface area contributed by atoms with Gasteiger partial charge in [-0.2, -0.15) is 0 Å². The zero-order valence-corrected chi connectivity index (χ0v) is 20.5. The van der Waals surface area contributed by atoms with Crippen molar-refractivity contribution in [3.8, 4) is 5.75 Å². The van der Waals surface area contributed by atoms with Crippen molar-refractivity contribution in [2.75, 3.05) is 22.1 Å². The van der Waals surface area contributed by atoms with E-state index < -0.39 is 17.7 Å². The summed E-state index contributed by atoms with van der Waals surface area (Å²) in [5.41, 5.74) is 1.34. The third kappa shape index (κ3) is 5.27. The number of carbonyl (C=O) groups is 3. The number of benzene rings is 3. The number of nitrogens with one attached hydrogen (secondary N) is 2. The van der Waals surface area contributed by atoms with Crippen molar-refractivity contribution in [2.24, 2.45) is 0 Å². The Morgan fingerprint density at radius 3 is 2.37 bits per heavy atom. The van der Waals surface area contributed by atoms with Gasteiger partial charge in [0.2, 0.25) is 0 Å². The van der Waals surface area contributed by atoms with E-state index in [2.05, 4.69) is 10.6 Å². The maximum Gasteiger partial charge on any atom is 0.283 e. The van der Waals surface area contributed by atoms with Crippen LogP contribution in [0.2, 0.25) is 10.0 Å². The SMILES string of the molecule is CCOc1ccc(N2C(=O)C(Cl)=C(Nc3cccc(C(=O)Nc4ccc(Cl)cc4Cl)c3)C2=O)cc1. The Morgan fingerprint density at radius 2 is 1.69 bits per heavy atom. The van der Waals surface area contributed by atoms with Crippen molar-refractivity contribution >= 4 is 69.6 Å². The zero-order chi connectivity index (χ0) is 25.1. The molecule has 0 aliphatic carbocycles. The van der Waals surface area contributed by atoms with Crippen LogP contribution in [-0.4, -0.2) is 24.3 Å². The second kappa shape index (κ2) is 10.4. The van der Waals surface area contributed by atoms with Crippen molar-refractivity contribution in [3.63, 3.8) is 0 Å². The first kappa shape index (κ1) is 24.6. The van der Waals surface area contributed by atoms with E-state index in [0.29, 0.717) is 39.5 Å². The van der Waals surface area contributed by atoms with Gasteiger partial charge in [-0.3, -0.25) is 14.4 Å². The lowest BCUT2D eigenvalue weighted by Gasteiger charge is -2.16. The van der Waals surface area contributed by atoms with Crippen molar-refractivity contribution in [3.05, 3.63) is 93.1 Å². The Balaban J connectivity index is 1.52. The van der Waals surface area contributed by atoms with Crippen molar-refractivity contribution in [1.82, 2.24) is 0 Å². The molecule has 4 rings (SSSR count). The fourth-order valence-electron chi connectivity index (χ4n) is 3.37. The van der Waals surface area contributed by atoms with Gasteiger partial charge < -0.3 is 15.4 Å². The summed E-state index contributed by atoms with van der Waals surface area (Å²) < 4.78 is 5.40. The number of nitrogens with zero attached hydrogens (tertiary/aromatic N) is 1. The molecule has 1 heterocycles. The topological polar surface area (TPSA) is 87.7 Å². The second-order valence-electron chi connectivity index (χ2n) is 7.35. The summed E-state index contributed by atoms with van der Waals surface area (Å²) in [5.74, 6) is -1.09. The fraction of sp³-hybridized carbons (Fsp3) is 0.0800. The van der Waals surface area contributed by atoms with Crippen LogP contribution in [0.3, 0.4) is 0 Å². The molecule has 3 amide bonds. The van der Waals surface area contributed by atoms with Gasteiger partial charge in [-0.25, -0.2) is 4.90 Å². The van der Waals surface area contributed by atoms with E-state index in [1.165, 1.54) is 12.1 Å². The first-order chi connectivity index (χ1) is 16.8. The predicted octanol–water partition coefficient (Wildman–Crippen LogP) is 6.08. The summed E-state index contributed by atoms with van der Waals surface area (Å²) in [6.07, 6.45) is 0. The van der Waals surface area contributed by atoms with Crippen LogP contribution in [0.1, 0.15) is 17.3 Å². The Labute approximate surface area is 216 Å². The van der Waals surface area contributed by atoms with Gasteiger partial charge in [0.1, 0.15) is 16.5 Å². The van der Waals surface area contributed by atoms with Crippen LogP contribution in [0.4, 0.5) is 17.1 Å². The van der Waals surface area contributed by atoms with Gasteiger partial charge in [0.25, 0.3) is 17.7 Å². The molecule has 0 fully saturated rings. The molecule has 0 saturated carbocycles. The minimum absolute atomic E-state index is 0.0937. The summed E-state index contributed by atoms with van der Waals surface area (Å²) in [4.78, 5) is 39.4. The van der Waals surface area contributed by atoms with Crippen molar-refractivity contribution in [1.29, 1.82) is 0 Å². The smallest absolute Gasteiger partial charge is 0.283 e. The van der Waals surface area contributed by atoms with E-state index in [4.69, 9.17) is 39.5 Å². The Morgan fingerprint density at radius 1 is 0.943 bits per heavy atom. The van der Waals surface area contributed by atoms with Crippen LogP contribution in [0, 0.1) is 0 Å². The molecular weight excluding hydrogens is 513 g/mol. The van der Waals surface area contributed by atoms with Gasteiger partial charge in [0, 0.05) is 16.3 Å². The van der Waals surface area contributed by atoms with Gasteiger partial charge in [0.05, 0.1) is 23.0 Å². The third-order valence-corrected chi connectivity index (χ3v) is 5.91. The molecule has 7 nitrogen and oxygen atoms in total. The molecule has 2 N–H and O–H groups in total. The highest BCUT2D eigenvalue weighted by Crippen LogP contribution is 2.31. The number of halogens is 3. The van der Waals surface area contributed by atoms with Gasteiger partial charge in [-0.1, -0.05) is 40.9 Å². The number of hydrogen-bond acceptors (Lipinski definition) is 5. The lowest BCUT2D eigenvalue weighted by molar-refractivity contribution is -0.120. The largest absolute Gasteiger partial charge is 0.494 e. The standard InChI is InChI=1S/C25H18Cl3N3O4/c1-2-35-18-9-7-17(8-10-18)31-24(33)21(28)22(25(31)34)29-16-5-3-4-14(12-16)23(32)30-20-11-6-15(26)13-19(20)27/h3-13,29H,2H2,1H3,(H,30,32). The number of ether oxygens (including phenoxy) is 1. The molecule has 0 atom stereocenters. The van der Waals surface area contributed by atoms with Crippen LogP contribution < -0.4 is 20.3 Å². The number of amides is 3. The Bertz CT molecular complexity index is 1360. The second-order valence-corrected chi connectivity index (χ2v) is 8.57. The van der Waals surface area contributed by atoms with Crippen LogP contribution >= 0.6 is 34.8 Å². The normalized spacial score (nSPS) is 13.3. The molecule has 10 heteroatoms. The monoisotopic (exact) mass is 529 g/mol. The van der Waals surface area contributed by atoms with Crippen LogP contribution in [0.5, 0.6) is 5.75 Å². The van der Waals surface area contributed by atoms with E-state index in [0.717, 1.165) is 4.90 Å². The van der Waals surface area contributed by atoms with Gasteiger partial charge in [-0.15, -0.1) is 0 Å². The lowest BCUT2D eigenvalue weighted by Crippen LogP contribution is -2.32. The molecular formula is C25H18Cl3N3O4. The maximum absolute atomic E-state index is 13.0. The average Bonchev–Trinajstić information content (AvgIpc) is 3.05. The van der Waals surface area contributed by atoms with Gasteiger partial charge in [-0.05, 0) is 67.6 Å². The molecule has 0 radical (unpaired) electrons. The molecule has 0 saturated heterocycles. The highest BCUT2D eigenvalue weighted by atomic mass is 35.5. The first-order valence-electron chi connectivity index (χ1n) is 10.4. The summed E-state index contributed by atoms with van der Waals surface area (Å²) in [6, 6.07) is 17.6. The minimum atomic E-state index is -0.658. The Kier molecular flexibility index (Phi) is 7.31. The number of hydrogen-bond donors (Lipinski definition) is 2. The minimum Gasteiger partial charge on any atom is -0.494 e. The molecule has 35 heavy (non-hydrogen) atoms. The fourth-order valence-corrected chi connectivity index (χ4v) is 4.04. The average molecular weight is 531 g/mol. The van der Waals surface area contributed by atoms with E-state index >= 15 is 0 Å². The van der Waals surface area contributed by atoms with Gasteiger partial charge in [0.15, 0.2) is 0 Å². The van der Waals surface area contributed by atoms with E-state index in [-0.39, 0.29) is 16.3 Å². The first-order valence-corrected chi connectivity index (χ1v) is 11.6. The molecule has 3 aromatic carbocycles.